The van der Waals surface area contributed by atoms with Crippen LogP contribution in [-0.2, 0) is 20.9 Å². The van der Waals surface area contributed by atoms with Crippen molar-refractivity contribution in [2.75, 3.05) is 38.3 Å². The second kappa shape index (κ2) is 12.1. The average Bonchev–Trinajstić information content (AvgIpc) is 3.63. The minimum absolute atomic E-state index is 0.0323. The number of aliphatic hydroxyl groups excluding tert-OH is 1. The molecule has 0 aliphatic carbocycles. The molecule has 5 rings (SSSR count). The highest BCUT2D eigenvalue weighted by Gasteiger charge is 2.74. The highest BCUT2D eigenvalue weighted by molar-refractivity contribution is 8.02. The molecule has 1 spiro atoms. The summed E-state index contributed by atoms with van der Waals surface area (Å²) in [6.45, 7) is 8.51. The minimum Gasteiger partial charge on any atom is -0.497 e. The predicted octanol–water partition coefficient (Wildman–Crippen LogP) is 3.51. The van der Waals surface area contributed by atoms with Crippen molar-refractivity contribution in [1.82, 2.24) is 9.80 Å². The Hall–Kier alpha value is -3.56. The molecule has 3 heterocycles. The van der Waals surface area contributed by atoms with Crippen LogP contribution in [0.4, 0.5) is 5.69 Å². The maximum atomic E-state index is 14.4. The van der Waals surface area contributed by atoms with Gasteiger partial charge in [-0.15, -0.1) is 24.9 Å². The molecule has 3 amide bonds. The number of thioether (sulfide) groups is 1. The lowest BCUT2D eigenvalue weighted by Gasteiger charge is -2.37. The lowest BCUT2D eigenvalue weighted by molar-refractivity contribution is -0.144. The van der Waals surface area contributed by atoms with Crippen LogP contribution in [0, 0.1) is 11.8 Å². The van der Waals surface area contributed by atoms with Crippen molar-refractivity contribution in [3.05, 3.63) is 85.5 Å². The number of aliphatic hydroxyl groups is 1. The van der Waals surface area contributed by atoms with Crippen molar-refractivity contribution >= 4 is 35.2 Å². The monoisotopic (exact) mass is 575 g/mol. The van der Waals surface area contributed by atoms with E-state index in [0.717, 1.165) is 12.0 Å². The van der Waals surface area contributed by atoms with E-state index in [1.165, 1.54) is 4.90 Å². The number of fused-ring (bicyclic) bond motifs is 1. The zero-order valence-corrected chi connectivity index (χ0v) is 24.2. The molecule has 41 heavy (non-hydrogen) atoms. The van der Waals surface area contributed by atoms with Gasteiger partial charge in [-0.05, 0) is 42.7 Å². The SMILES string of the molecule is C=CCN(Cc1ccccc1)C(=O)[C@@H]1[C@@H]2CCC3(S2)C(C(=O)N(CC=C)c2ccc(OC)cc2)N(CCO)C(=O)[C@H]13. The molecule has 9 heteroatoms. The van der Waals surface area contributed by atoms with E-state index in [2.05, 4.69) is 13.2 Å². The van der Waals surface area contributed by atoms with Gasteiger partial charge in [0.25, 0.3) is 5.91 Å². The van der Waals surface area contributed by atoms with Gasteiger partial charge in [-0.2, -0.15) is 0 Å². The molecule has 3 aliphatic rings. The molecule has 0 aromatic heterocycles. The molecule has 3 fully saturated rings. The molecular formula is C32H37N3O5S. The van der Waals surface area contributed by atoms with Crippen molar-refractivity contribution in [2.24, 2.45) is 11.8 Å². The van der Waals surface area contributed by atoms with Crippen molar-refractivity contribution < 1.29 is 24.2 Å². The van der Waals surface area contributed by atoms with Gasteiger partial charge in [0.15, 0.2) is 0 Å². The van der Waals surface area contributed by atoms with E-state index < -0.39 is 22.6 Å². The molecule has 0 saturated carbocycles. The lowest BCUT2D eigenvalue weighted by atomic mass is 9.70. The molecule has 5 atom stereocenters. The fourth-order valence-corrected chi connectivity index (χ4v) is 9.03. The van der Waals surface area contributed by atoms with Crippen LogP contribution < -0.4 is 9.64 Å². The molecule has 2 unspecified atom stereocenters. The number of β-amino-alcohol motifs (C(OH)–C–C–N with tert-alkyl or cyclic N) is 1. The van der Waals surface area contributed by atoms with Crippen LogP contribution >= 0.6 is 11.8 Å². The van der Waals surface area contributed by atoms with Crippen LogP contribution in [0.1, 0.15) is 18.4 Å². The molecular weight excluding hydrogens is 538 g/mol. The number of carbonyl (C=O) groups is 3. The van der Waals surface area contributed by atoms with Crippen LogP contribution in [0.2, 0.25) is 0 Å². The molecule has 3 saturated heterocycles. The Morgan fingerprint density at radius 2 is 1.80 bits per heavy atom. The summed E-state index contributed by atoms with van der Waals surface area (Å²) in [5, 5.41) is 9.89. The Morgan fingerprint density at radius 3 is 2.44 bits per heavy atom. The fraction of sp³-hybridized carbons (Fsp3) is 0.406. The Bertz CT molecular complexity index is 1300. The van der Waals surface area contributed by atoms with Crippen LogP contribution in [0.3, 0.4) is 0 Å². The number of hydrogen-bond acceptors (Lipinski definition) is 6. The normalized spacial score (nSPS) is 26.0. The van der Waals surface area contributed by atoms with Crippen LogP contribution in [0.25, 0.3) is 0 Å². The zero-order valence-electron chi connectivity index (χ0n) is 23.4. The van der Waals surface area contributed by atoms with Crippen molar-refractivity contribution in [2.45, 2.75) is 35.4 Å². The first-order chi connectivity index (χ1) is 19.9. The third-order valence-electron chi connectivity index (χ3n) is 8.50. The van der Waals surface area contributed by atoms with Crippen LogP contribution in [0.5, 0.6) is 5.75 Å². The van der Waals surface area contributed by atoms with Gasteiger partial charge < -0.3 is 24.5 Å². The smallest absolute Gasteiger partial charge is 0.251 e. The molecule has 2 aromatic rings. The van der Waals surface area contributed by atoms with E-state index in [0.29, 0.717) is 30.9 Å². The summed E-state index contributed by atoms with van der Waals surface area (Å²) in [5.74, 6) is -1.05. The fourth-order valence-electron chi connectivity index (χ4n) is 6.83. The number of carbonyl (C=O) groups excluding carboxylic acids is 3. The van der Waals surface area contributed by atoms with Gasteiger partial charge in [-0.25, -0.2) is 0 Å². The number of rotatable bonds is 12. The zero-order chi connectivity index (χ0) is 29.1. The Morgan fingerprint density at radius 1 is 1.10 bits per heavy atom. The standard InChI is InChI=1S/C32H37N3O5S/c1-4-17-33(21-22-9-7-6-8-10-22)29(37)26-25-15-16-32(41-25)27(26)30(38)35(19-20-36)28(32)31(39)34(18-5-2)23-11-13-24(40-3)14-12-23/h4-14,25-28,36H,1-2,15-21H2,3H3/t25-,26+,27-,28?,32?/m0/s1. The molecule has 216 valence electrons. The van der Waals surface area contributed by atoms with Gasteiger partial charge in [0.05, 0.1) is 30.3 Å². The molecule has 2 aromatic carbocycles. The third kappa shape index (κ3) is 5.06. The van der Waals surface area contributed by atoms with Gasteiger partial charge in [0.2, 0.25) is 11.8 Å². The molecule has 0 radical (unpaired) electrons. The van der Waals surface area contributed by atoms with E-state index in [1.807, 2.05) is 42.5 Å². The number of amides is 3. The summed E-state index contributed by atoms with van der Waals surface area (Å²) in [4.78, 5) is 47.7. The highest BCUT2D eigenvalue weighted by Crippen LogP contribution is 2.66. The van der Waals surface area contributed by atoms with Gasteiger partial charge in [0.1, 0.15) is 11.8 Å². The summed E-state index contributed by atoms with van der Waals surface area (Å²) in [5.41, 5.74) is 1.66. The third-order valence-corrected chi connectivity index (χ3v) is 10.5. The molecule has 2 bridgehead atoms. The molecule has 8 nitrogen and oxygen atoms in total. The van der Waals surface area contributed by atoms with Gasteiger partial charge in [-0.3, -0.25) is 14.4 Å². The second-order valence-electron chi connectivity index (χ2n) is 10.7. The average molecular weight is 576 g/mol. The van der Waals surface area contributed by atoms with E-state index >= 15 is 0 Å². The summed E-state index contributed by atoms with van der Waals surface area (Å²) >= 11 is 1.62. The first-order valence-electron chi connectivity index (χ1n) is 14.0. The second-order valence-corrected chi connectivity index (χ2v) is 12.3. The van der Waals surface area contributed by atoms with Crippen molar-refractivity contribution in [3.8, 4) is 5.75 Å². The van der Waals surface area contributed by atoms with Crippen LogP contribution in [-0.4, -0.2) is 82.0 Å². The van der Waals surface area contributed by atoms with E-state index in [4.69, 9.17) is 4.74 Å². The topological polar surface area (TPSA) is 90.4 Å². The van der Waals surface area contributed by atoms with Gasteiger partial charge in [-0.1, -0.05) is 42.5 Å². The predicted molar refractivity (Wildman–Crippen MR) is 161 cm³/mol. The number of hydrogen-bond donors (Lipinski definition) is 1. The first-order valence-corrected chi connectivity index (χ1v) is 14.9. The number of ether oxygens (including phenoxy) is 1. The number of anilines is 1. The Balaban J connectivity index is 1.50. The first kappa shape index (κ1) is 29.0. The number of benzene rings is 2. The summed E-state index contributed by atoms with van der Waals surface area (Å²) in [6, 6.07) is 16.2. The summed E-state index contributed by atoms with van der Waals surface area (Å²) < 4.78 is 4.54. The Kier molecular flexibility index (Phi) is 8.56. The van der Waals surface area contributed by atoms with Crippen molar-refractivity contribution in [3.63, 3.8) is 0 Å². The summed E-state index contributed by atoms with van der Waals surface area (Å²) in [7, 11) is 1.58. The minimum atomic E-state index is -0.802. The van der Waals surface area contributed by atoms with E-state index in [-0.39, 0.29) is 42.7 Å². The number of likely N-dealkylation sites (tertiary alicyclic amines) is 1. The van der Waals surface area contributed by atoms with E-state index in [1.54, 1.807) is 53.0 Å². The molecule has 3 aliphatic heterocycles. The van der Waals surface area contributed by atoms with Gasteiger partial charge >= 0.3 is 0 Å². The summed E-state index contributed by atoms with van der Waals surface area (Å²) in [6.07, 6.45) is 4.77. The Labute approximate surface area is 245 Å². The quantitative estimate of drug-likeness (QED) is 0.390. The molecule has 1 N–H and O–H groups in total. The maximum Gasteiger partial charge on any atom is 0.251 e. The van der Waals surface area contributed by atoms with E-state index in [9.17, 15) is 19.5 Å². The largest absolute Gasteiger partial charge is 0.497 e. The maximum absolute atomic E-state index is 14.4. The van der Waals surface area contributed by atoms with Crippen LogP contribution in [0.15, 0.2) is 79.9 Å². The lowest BCUT2D eigenvalue weighted by Crippen LogP contribution is -2.55. The highest BCUT2D eigenvalue weighted by atomic mass is 32.2. The van der Waals surface area contributed by atoms with Gasteiger partial charge in [0, 0.05) is 37.1 Å². The number of nitrogens with zero attached hydrogens (tertiary/aromatic N) is 3. The number of methoxy groups -OCH3 is 1. The van der Waals surface area contributed by atoms with Crippen molar-refractivity contribution in [1.29, 1.82) is 0 Å².